The molecule has 1 saturated heterocycles. The van der Waals surface area contributed by atoms with Crippen LogP contribution in [0.15, 0.2) is 53.6 Å². The van der Waals surface area contributed by atoms with E-state index in [2.05, 4.69) is 21.9 Å². The molecule has 0 bridgehead atoms. The minimum absolute atomic E-state index is 0.0642. The zero-order chi connectivity index (χ0) is 22.4. The number of hydrogen-bond acceptors (Lipinski definition) is 8. The topological polar surface area (TPSA) is 128 Å². The number of hydrogen-bond donors (Lipinski definition) is 3. The van der Waals surface area contributed by atoms with E-state index in [1.807, 2.05) is 24.3 Å². The molecule has 0 unspecified atom stereocenters. The highest BCUT2D eigenvalue weighted by atomic mass is 32.2. The van der Waals surface area contributed by atoms with Crippen molar-refractivity contribution in [2.75, 3.05) is 48.9 Å². The number of rotatable bonds is 6. The summed E-state index contributed by atoms with van der Waals surface area (Å²) in [6, 6.07) is 13.6. The van der Waals surface area contributed by atoms with E-state index in [0.29, 0.717) is 11.3 Å². The summed E-state index contributed by atoms with van der Waals surface area (Å²) in [5.74, 6) is 10.5. The van der Waals surface area contributed by atoms with Gasteiger partial charge >= 0.3 is 5.97 Å². The number of nitrogens with two attached hydrogens (primary N) is 2. The van der Waals surface area contributed by atoms with Gasteiger partial charge in [-0.15, -0.1) is 0 Å². The minimum Gasteiger partial charge on any atom is -0.478 e. The van der Waals surface area contributed by atoms with E-state index in [1.54, 1.807) is 12.1 Å². The maximum absolute atomic E-state index is 12.6. The number of amidine groups is 1. The van der Waals surface area contributed by atoms with Crippen LogP contribution < -0.4 is 21.6 Å². The zero-order valence-electron chi connectivity index (χ0n) is 17.3. The average Bonchev–Trinajstić information content (AvgIpc) is 2.80. The number of thioether (sulfide) groups is 1. The fraction of sp³-hybridized carbons (Fsp3) is 0.286. The van der Waals surface area contributed by atoms with Gasteiger partial charge < -0.3 is 20.7 Å². The van der Waals surface area contributed by atoms with E-state index in [0.717, 1.165) is 43.6 Å². The molecule has 9 nitrogen and oxygen atoms in total. The number of hydrazone groups is 1. The van der Waals surface area contributed by atoms with Crippen molar-refractivity contribution in [2.24, 2.45) is 16.8 Å². The first-order valence-electron chi connectivity index (χ1n) is 9.74. The second-order valence-corrected chi connectivity index (χ2v) is 8.13. The van der Waals surface area contributed by atoms with E-state index in [-0.39, 0.29) is 22.3 Å². The van der Waals surface area contributed by atoms with Crippen LogP contribution in [0.5, 0.6) is 0 Å². The largest absolute Gasteiger partial charge is 0.478 e. The maximum atomic E-state index is 12.6. The molecule has 0 aliphatic carbocycles. The van der Waals surface area contributed by atoms with Crippen LogP contribution in [0.25, 0.3) is 0 Å². The predicted octanol–water partition coefficient (Wildman–Crippen LogP) is 1.66. The first kappa shape index (κ1) is 22.6. The highest BCUT2D eigenvalue weighted by Crippen LogP contribution is 2.20. The Labute approximate surface area is 185 Å². The van der Waals surface area contributed by atoms with Gasteiger partial charge in [-0.3, -0.25) is 9.80 Å². The summed E-state index contributed by atoms with van der Waals surface area (Å²) >= 11 is 1.11. The fourth-order valence-electron chi connectivity index (χ4n) is 3.18. The summed E-state index contributed by atoms with van der Waals surface area (Å²) < 4.78 is 0. The lowest BCUT2D eigenvalue weighted by Crippen LogP contribution is -2.44. The Hall–Kier alpha value is -3.08. The predicted molar refractivity (Wildman–Crippen MR) is 125 cm³/mol. The van der Waals surface area contributed by atoms with Crippen LogP contribution in [0.4, 0.5) is 11.4 Å². The number of piperazine rings is 1. The fourth-order valence-corrected chi connectivity index (χ4v) is 3.93. The lowest BCUT2D eigenvalue weighted by molar-refractivity contribution is 0.0696. The van der Waals surface area contributed by atoms with Crippen LogP contribution in [0.2, 0.25) is 0 Å². The van der Waals surface area contributed by atoms with Crippen molar-refractivity contribution in [2.45, 2.75) is 0 Å². The third-order valence-electron chi connectivity index (χ3n) is 5.10. The van der Waals surface area contributed by atoms with Crippen molar-refractivity contribution in [3.05, 3.63) is 59.7 Å². The average molecular weight is 443 g/mol. The molecule has 1 fully saturated rings. The molecule has 1 heterocycles. The van der Waals surface area contributed by atoms with E-state index >= 15 is 0 Å². The van der Waals surface area contributed by atoms with E-state index in [1.165, 1.54) is 17.1 Å². The molecule has 2 aromatic rings. The van der Waals surface area contributed by atoms with Gasteiger partial charge in [0.05, 0.1) is 17.0 Å². The van der Waals surface area contributed by atoms with Gasteiger partial charge in [-0.25, -0.2) is 10.6 Å². The number of ketones is 1. The van der Waals surface area contributed by atoms with Gasteiger partial charge in [0.25, 0.3) is 0 Å². The molecule has 3 rings (SSSR count). The minimum atomic E-state index is -1.03. The lowest BCUT2D eigenvalue weighted by atomic mass is 10.1. The summed E-state index contributed by atoms with van der Waals surface area (Å²) in [6.07, 6.45) is 0. The molecule has 0 spiro atoms. The molecule has 0 aromatic heterocycles. The first-order valence-corrected chi connectivity index (χ1v) is 10.7. The molecule has 0 saturated carbocycles. The number of benzene rings is 2. The monoisotopic (exact) mass is 442 g/mol. The van der Waals surface area contributed by atoms with Crippen molar-refractivity contribution in [3.63, 3.8) is 0 Å². The molecular weight excluding hydrogens is 416 g/mol. The van der Waals surface area contributed by atoms with Gasteiger partial charge in [0.15, 0.2) is 5.78 Å². The van der Waals surface area contributed by atoms with Crippen molar-refractivity contribution in [1.29, 1.82) is 0 Å². The second kappa shape index (κ2) is 10.3. The third kappa shape index (κ3) is 5.75. The summed E-state index contributed by atoms with van der Waals surface area (Å²) in [5.41, 5.74) is 2.37. The summed E-state index contributed by atoms with van der Waals surface area (Å²) in [7, 11) is 2.11. The number of carbonyl (C=O) groups excluding carboxylic acids is 1. The zero-order valence-corrected chi connectivity index (χ0v) is 18.1. The Morgan fingerprint density at radius 2 is 1.61 bits per heavy atom. The van der Waals surface area contributed by atoms with Gasteiger partial charge in [-0.05, 0) is 55.6 Å². The maximum Gasteiger partial charge on any atom is 0.335 e. The molecule has 5 N–H and O–H groups in total. The van der Waals surface area contributed by atoms with Crippen molar-refractivity contribution in [1.82, 2.24) is 4.90 Å². The number of carboxylic acids is 1. The molecule has 0 atom stereocenters. The Bertz CT molecular complexity index is 941. The highest BCUT2D eigenvalue weighted by Gasteiger charge is 2.17. The van der Waals surface area contributed by atoms with E-state index < -0.39 is 5.97 Å². The van der Waals surface area contributed by atoms with Gasteiger partial charge in [-0.1, -0.05) is 11.8 Å². The Kier molecular flexibility index (Phi) is 7.50. The third-order valence-corrected chi connectivity index (χ3v) is 6.07. The number of anilines is 2. The number of carboxylic acid groups (broad SMARTS) is 1. The van der Waals surface area contributed by atoms with Crippen LogP contribution in [0, 0.1) is 0 Å². The Morgan fingerprint density at radius 1 is 1.03 bits per heavy atom. The Balaban J connectivity index is 1.57. The van der Waals surface area contributed by atoms with Crippen molar-refractivity contribution < 1.29 is 14.7 Å². The number of hydrazine groups is 1. The quantitative estimate of drug-likeness (QED) is 0.201. The van der Waals surface area contributed by atoms with Crippen molar-refractivity contribution >= 4 is 40.1 Å². The number of nitrogens with zero attached hydrogens (tertiary/aromatic N) is 4. The van der Waals surface area contributed by atoms with E-state index in [9.17, 15) is 9.59 Å². The highest BCUT2D eigenvalue weighted by molar-refractivity contribution is 8.14. The smallest absolute Gasteiger partial charge is 0.335 e. The van der Waals surface area contributed by atoms with Gasteiger partial charge in [0.2, 0.25) is 5.17 Å². The molecular formula is C21H26N6O3S. The SMILES string of the molecule is CN1CCN(c2ccc(C(=O)CS/C(=N/N)N(N)c3ccc(C(=O)O)cc3)cc2)CC1. The van der Waals surface area contributed by atoms with E-state index in [4.69, 9.17) is 16.8 Å². The van der Waals surface area contributed by atoms with Crippen LogP contribution >= 0.6 is 11.8 Å². The molecule has 164 valence electrons. The normalized spacial score (nSPS) is 15.0. The van der Waals surface area contributed by atoms with Crippen LogP contribution in [0.1, 0.15) is 20.7 Å². The van der Waals surface area contributed by atoms with Crippen molar-refractivity contribution in [3.8, 4) is 0 Å². The first-order chi connectivity index (χ1) is 14.9. The molecule has 0 amide bonds. The second-order valence-electron chi connectivity index (χ2n) is 7.18. The molecule has 0 radical (unpaired) electrons. The van der Waals surface area contributed by atoms with Gasteiger partial charge in [0.1, 0.15) is 0 Å². The van der Waals surface area contributed by atoms with Gasteiger partial charge in [0, 0.05) is 37.4 Å². The molecule has 10 heteroatoms. The van der Waals surface area contributed by atoms with Crippen LogP contribution in [-0.2, 0) is 0 Å². The molecule has 2 aromatic carbocycles. The summed E-state index contributed by atoms with van der Waals surface area (Å²) in [4.78, 5) is 28.2. The van der Waals surface area contributed by atoms with Crippen LogP contribution in [-0.4, -0.2) is 65.9 Å². The van der Waals surface area contributed by atoms with Gasteiger partial charge in [-0.2, -0.15) is 5.10 Å². The summed E-state index contributed by atoms with van der Waals surface area (Å²) in [6.45, 7) is 3.98. The Morgan fingerprint density at radius 3 is 2.16 bits per heavy atom. The molecule has 1 aliphatic rings. The molecule has 31 heavy (non-hydrogen) atoms. The number of carbonyl (C=O) groups is 2. The molecule has 1 aliphatic heterocycles. The number of aromatic carboxylic acids is 1. The standard InChI is InChI=1S/C21H26N6O3S/c1-25-10-12-26(13-11-25)17-6-2-15(3-7-17)19(28)14-31-21(24-22)27(23)18-8-4-16(5-9-18)20(29)30/h2-9H,10-14,22-23H2,1H3,(H,29,30)/b24-21+. The van der Waals surface area contributed by atoms with Crippen LogP contribution in [0.3, 0.4) is 0 Å². The lowest BCUT2D eigenvalue weighted by Gasteiger charge is -2.34. The number of likely N-dealkylation sites (N-methyl/N-ethyl adjacent to an activating group) is 1. The number of Topliss-reactive ketones (excluding diaryl/α,β-unsaturated/α-hetero) is 1. The summed E-state index contributed by atoms with van der Waals surface area (Å²) in [5, 5.41) is 14.1.